The standard InChI is InChI=1S/C32H46F3N2O4Si/c1-19(2)27-25-26(24-22(37(27)38)16-30(6,7)17-23(24)41-42(8,9)29(3,4)5)31(12-14-39-15-13-31)40-28(25)21-11-10-20(18-36-21)32(33,34)35/h10-11,18-19,23,28,38H,12-17H2,1-9H3/q+1. The fraction of sp³-hybridized carbons (Fsp3) is 0.688. The molecular formula is C32H46F3N2O4Si+. The lowest BCUT2D eigenvalue weighted by molar-refractivity contribution is -0.916. The van der Waals surface area contributed by atoms with Crippen LogP contribution in [0.15, 0.2) is 18.3 Å². The molecule has 0 amide bonds. The molecule has 2 aromatic rings. The number of halogens is 3. The van der Waals surface area contributed by atoms with Crippen LogP contribution in [0.2, 0.25) is 18.1 Å². The Balaban J connectivity index is 1.80. The molecule has 1 saturated heterocycles. The van der Waals surface area contributed by atoms with E-state index >= 15 is 0 Å². The van der Waals surface area contributed by atoms with Gasteiger partial charge in [0, 0.05) is 54.9 Å². The monoisotopic (exact) mass is 607 g/mol. The molecule has 1 aliphatic carbocycles. The van der Waals surface area contributed by atoms with Crippen LogP contribution in [0.4, 0.5) is 13.2 Å². The average Bonchev–Trinajstić information content (AvgIpc) is 3.16. The van der Waals surface area contributed by atoms with E-state index in [4.69, 9.17) is 13.9 Å². The lowest BCUT2D eigenvalue weighted by Crippen LogP contribution is -2.50. The van der Waals surface area contributed by atoms with Gasteiger partial charge in [0.25, 0.3) is 0 Å². The van der Waals surface area contributed by atoms with Crippen LogP contribution in [0.5, 0.6) is 0 Å². The lowest BCUT2D eigenvalue weighted by Gasteiger charge is -2.45. The van der Waals surface area contributed by atoms with E-state index in [0.29, 0.717) is 43.9 Å². The van der Waals surface area contributed by atoms with Crippen molar-refractivity contribution in [1.29, 1.82) is 0 Å². The quantitative estimate of drug-likeness (QED) is 0.217. The summed E-state index contributed by atoms with van der Waals surface area (Å²) in [7, 11) is -2.25. The van der Waals surface area contributed by atoms with Crippen molar-refractivity contribution in [2.24, 2.45) is 5.41 Å². The summed E-state index contributed by atoms with van der Waals surface area (Å²) in [6, 6.07) is 2.47. The van der Waals surface area contributed by atoms with Gasteiger partial charge >= 0.3 is 6.18 Å². The third-order valence-electron chi connectivity index (χ3n) is 9.85. The van der Waals surface area contributed by atoms with Crippen molar-refractivity contribution >= 4 is 8.32 Å². The van der Waals surface area contributed by atoms with E-state index < -0.39 is 31.8 Å². The van der Waals surface area contributed by atoms with E-state index in [1.807, 2.05) is 13.8 Å². The molecule has 6 nitrogen and oxygen atoms in total. The highest BCUT2D eigenvalue weighted by molar-refractivity contribution is 6.74. The van der Waals surface area contributed by atoms with Crippen LogP contribution in [0, 0.1) is 5.41 Å². The molecule has 10 heteroatoms. The molecule has 0 radical (unpaired) electrons. The van der Waals surface area contributed by atoms with Crippen LogP contribution in [0.25, 0.3) is 0 Å². The van der Waals surface area contributed by atoms with Crippen LogP contribution >= 0.6 is 0 Å². The van der Waals surface area contributed by atoms with E-state index in [-0.39, 0.29) is 22.5 Å². The second-order valence-electron chi connectivity index (χ2n) is 15.0. The highest BCUT2D eigenvalue weighted by atomic mass is 28.4. The van der Waals surface area contributed by atoms with Gasteiger partial charge in [0.2, 0.25) is 11.4 Å². The van der Waals surface area contributed by atoms with Crippen molar-refractivity contribution in [2.45, 2.75) is 122 Å². The van der Waals surface area contributed by atoms with Crippen molar-refractivity contribution < 1.29 is 37.0 Å². The van der Waals surface area contributed by atoms with Gasteiger partial charge in [-0.2, -0.15) is 13.2 Å². The number of rotatable bonds is 4. The van der Waals surface area contributed by atoms with Gasteiger partial charge in [0.15, 0.2) is 8.32 Å². The fourth-order valence-electron chi connectivity index (χ4n) is 6.73. The highest BCUT2D eigenvalue weighted by Crippen LogP contribution is 2.58. The Hall–Kier alpha value is -2.01. The summed E-state index contributed by atoms with van der Waals surface area (Å²) in [5, 5.41) is 12.0. The number of hydrogen-bond acceptors (Lipinski definition) is 5. The smallest absolute Gasteiger partial charge is 0.410 e. The molecule has 2 aromatic heterocycles. The van der Waals surface area contributed by atoms with Gasteiger partial charge in [-0.25, -0.2) is 0 Å². The SMILES string of the molecule is CC(C)c1c2c(c3c([n+]1O)CC(C)(C)CC3O[Si](C)(C)C(C)(C)C)C1(CCOCC1)OC2c1ccc(C(F)(F)F)cn1. The number of hydrogen-bond donors (Lipinski definition) is 1. The summed E-state index contributed by atoms with van der Waals surface area (Å²) < 4.78 is 61.6. The van der Waals surface area contributed by atoms with E-state index in [1.165, 1.54) is 10.8 Å². The Kier molecular flexibility index (Phi) is 7.69. The zero-order valence-electron chi connectivity index (χ0n) is 26.4. The lowest BCUT2D eigenvalue weighted by atomic mass is 9.69. The molecule has 4 heterocycles. The molecule has 3 aliphatic rings. The van der Waals surface area contributed by atoms with Crippen LogP contribution in [-0.4, -0.2) is 31.7 Å². The Bertz CT molecular complexity index is 1340. The number of alkyl halides is 3. The first kappa shape index (κ1) is 31.4. The van der Waals surface area contributed by atoms with E-state index in [2.05, 4.69) is 52.7 Å². The third-order valence-corrected chi connectivity index (χ3v) is 14.3. The normalized spacial score (nSPS) is 23.7. The Morgan fingerprint density at radius 3 is 2.26 bits per heavy atom. The molecule has 232 valence electrons. The van der Waals surface area contributed by atoms with Gasteiger partial charge in [-0.1, -0.05) is 48.5 Å². The number of pyridine rings is 2. The maximum atomic E-state index is 13.4. The Morgan fingerprint density at radius 1 is 1.10 bits per heavy atom. The second kappa shape index (κ2) is 10.3. The maximum absolute atomic E-state index is 13.4. The van der Waals surface area contributed by atoms with Crippen molar-refractivity contribution in [3.63, 3.8) is 0 Å². The molecule has 2 atom stereocenters. The van der Waals surface area contributed by atoms with Crippen LogP contribution < -0.4 is 4.73 Å². The zero-order valence-corrected chi connectivity index (χ0v) is 27.4. The first-order chi connectivity index (χ1) is 19.3. The summed E-state index contributed by atoms with van der Waals surface area (Å²) in [6.45, 7) is 20.7. The van der Waals surface area contributed by atoms with Gasteiger partial charge in [-0.15, -0.1) is 0 Å². The number of aromatic nitrogens is 2. The molecule has 42 heavy (non-hydrogen) atoms. The minimum absolute atomic E-state index is 0.0233. The fourth-order valence-corrected chi connectivity index (χ4v) is 8.00. The van der Waals surface area contributed by atoms with E-state index in [1.54, 1.807) is 0 Å². The molecule has 1 N–H and O–H groups in total. The molecule has 0 saturated carbocycles. The van der Waals surface area contributed by atoms with Crippen molar-refractivity contribution in [3.05, 3.63) is 57.7 Å². The van der Waals surface area contributed by atoms with Gasteiger partial charge in [0.1, 0.15) is 11.7 Å². The second-order valence-corrected chi connectivity index (χ2v) is 19.7. The predicted molar refractivity (Wildman–Crippen MR) is 155 cm³/mol. The summed E-state index contributed by atoms with van der Waals surface area (Å²) in [4.78, 5) is 4.29. The summed E-state index contributed by atoms with van der Waals surface area (Å²) >= 11 is 0. The topological polar surface area (TPSA) is 64.7 Å². The molecule has 2 aliphatic heterocycles. The molecular weight excluding hydrogens is 561 g/mol. The first-order valence-electron chi connectivity index (χ1n) is 15.1. The molecule has 5 rings (SSSR count). The van der Waals surface area contributed by atoms with Crippen molar-refractivity contribution in [3.8, 4) is 0 Å². The molecule has 1 spiro atoms. The average molecular weight is 608 g/mol. The van der Waals surface area contributed by atoms with Gasteiger partial charge in [0.05, 0.1) is 28.5 Å². The summed E-state index contributed by atoms with van der Waals surface area (Å²) in [5.41, 5.74) is 3.12. The number of ether oxygens (including phenoxy) is 2. The minimum Gasteiger partial charge on any atom is -0.410 e. The summed E-state index contributed by atoms with van der Waals surface area (Å²) in [6.07, 6.45) is -1.95. The van der Waals surface area contributed by atoms with Crippen LogP contribution in [-0.2, 0) is 32.1 Å². The minimum atomic E-state index is -4.49. The Morgan fingerprint density at radius 2 is 1.74 bits per heavy atom. The molecule has 0 aromatic carbocycles. The largest absolute Gasteiger partial charge is 0.417 e. The maximum Gasteiger partial charge on any atom is 0.417 e. The van der Waals surface area contributed by atoms with E-state index in [9.17, 15) is 18.4 Å². The van der Waals surface area contributed by atoms with Crippen molar-refractivity contribution in [2.75, 3.05) is 13.2 Å². The van der Waals surface area contributed by atoms with Gasteiger partial charge < -0.3 is 13.9 Å². The third kappa shape index (κ3) is 5.30. The molecule has 1 fully saturated rings. The summed E-state index contributed by atoms with van der Waals surface area (Å²) in [5.74, 6) is -0.0885. The predicted octanol–water partition coefficient (Wildman–Crippen LogP) is 7.91. The first-order valence-corrected chi connectivity index (χ1v) is 18.0. The van der Waals surface area contributed by atoms with Gasteiger partial charge in [-0.3, -0.25) is 10.2 Å². The van der Waals surface area contributed by atoms with E-state index in [0.717, 1.165) is 41.1 Å². The van der Waals surface area contributed by atoms with Crippen molar-refractivity contribution in [1.82, 2.24) is 4.98 Å². The molecule has 0 bridgehead atoms. The highest BCUT2D eigenvalue weighted by Gasteiger charge is 2.57. The number of nitrogens with zero attached hydrogens (tertiary/aromatic N) is 2. The van der Waals surface area contributed by atoms with Crippen LogP contribution in [0.3, 0.4) is 0 Å². The Labute approximate surface area is 248 Å². The van der Waals surface area contributed by atoms with Gasteiger partial charge in [-0.05, 0) is 42.1 Å². The number of fused-ring (bicyclic) bond motifs is 4. The molecule has 2 unspecified atom stereocenters. The van der Waals surface area contributed by atoms with Crippen LogP contribution in [0.1, 0.15) is 125 Å². The zero-order chi connectivity index (χ0) is 31.0.